The molecular formula is C16H21Cl2FN4. The fraction of sp³-hybridized carbons (Fsp3) is 0.375. The molecular weight excluding hydrogens is 338 g/mol. The van der Waals surface area contributed by atoms with Crippen LogP contribution in [-0.4, -0.2) is 23.1 Å². The molecule has 2 aromatic rings. The average molecular weight is 359 g/mol. The quantitative estimate of drug-likeness (QED) is 0.894. The number of rotatable bonds is 4. The van der Waals surface area contributed by atoms with Crippen LogP contribution in [0.15, 0.2) is 36.7 Å². The number of benzene rings is 1. The Morgan fingerprint density at radius 2 is 1.57 bits per heavy atom. The number of anilines is 2. The molecule has 126 valence electrons. The standard InChI is InChI=1S/C16H19FN4.2ClH/c17-14-4-6-15(7-5-14)18-10-13-11-19-16(20-12-13)21-8-2-1-3-9-21;;/h4-7,11-12,18H,1-3,8-10H2;2*1H. The van der Waals surface area contributed by atoms with Crippen molar-refractivity contribution in [1.82, 2.24) is 9.97 Å². The Hall–Kier alpha value is -1.59. The predicted molar refractivity (Wildman–Crippen MR) is 96.3 cm³/mol. The molecule has 1 aromatic heterocycles. The lowest BCUT2D eigenvalue weighted by atomic mass is 10.1. The van der Waals surface area contributed by atoms with Gasteiger partial charge >= 0.3 is 0 Å². The third-order valence-corrected chi connectivity index (χ3v) is 3.67. The molecule has 23 heavy (non-hydrogen) atoms. The first-order chi connectivity index (χ1) is 10.3. The van der Waals surface area contributed by atoms with Gasteiger partial charge in [-0.15, -0.1) is 24.8 Å². The lowest BCUT2D eigenvalue weighted by Gasteiger charge is -2.26. The van der Waals surface area contributed by atoms with Crippen LogP contribution in [0.5, 0.6) is 0 Å². The Bertz CT molecular complexity index is 572. The smallest absolute Gasteiger partial charge is 0.225 e. The lowest BCUT2D eigenvalue weighted by Crippen LogP contribution is -2.30. The summed E-state index contributed by atoms with van der Waals surface area (Å²) in [6, 6.07) is 6.33. The van der Waals surface area contributed by atoms with Gasteiger partial charge in [-0.05, 0) is 43.5 Å². The molecule has 2 heterocycles. The normalized spacial score (nSPS) is 13.7. The molecule has 1 saturated heterocycles. The van der Waals surface area contributed by atoms with Gasteiger partial charge in [0.1, 0.15) is 5.82 Å². The van der Waals surface area contributed by atoms with Crippen molar-refractivity contribution in [3.8, 4) is 0 Å². The second-order valence-corrected chi connectivity index (χ2v) is 5.30. The highest BCUT2D eigenvalue weighted by molar-refractivity contribution is 5.85. The van der Waals surface area contributed by atoms with E-state index in [-0.39, 0.29) is 30.6 Å². The number of halogens is 3. The van der Waals surface area contributed by atoms with Crippen LogP contribution in [0.2, 0.25) is 0 Å². The first-order valence-electron chi connectivity index (χ1n) is 7.36. The van der Waals surface area contributed by atoms with Crippen molar-refractivity contribution in [1.29, 1.82) is 0 Å². The third kappa shape index (κ3) is 5.52. The zero-order valence-corrected chi connectivity index (χ0v) is 14.4. The van der Waals surface area contributed by atoms with Crippen LogP contribution in [-0.2, 0) is 6.54 Å². The summed E-state index contributed by atoms with van der Waals surface area (Å²) in [6.07, 6.45) is 7.45. The van der Waals surface area contributed by atoms with E-state index in [0.717, 1.165) is 30.3 Å². The molecule has 1 aromatic carbocycles. The van der Waals surface area contributed by atoms with E-state index in [9.17, 15) is 4.39 Å². The van der Waals surface area contributed by atoms with Crippen molar-refractivity contribution in [3.63, 3.8) is 0 Å². The predicted octanol–water partition coefficient (Wildman–Crippen LogP) is 4.06. The zero-order chi connectivity index (χ0) is 14.5. The summed E-state index contributed by atoms with van der Waals surface area (Å²) in [4.78, 5) is 11.1. The summed E-state index contributed by atoms with van der Waals surface area (Å²) < 4.78 is 12.8. The van der Waals surface area contributed by atoms with E-state index in [0.29, 0.717) is 6.54 Å². The van der Waals surface area contributed by atoms with Crippen molar-refractivity contribution in [3.05, 3.63) is 48.0 Å². The minimum atomic E-state index is -0.227. The zero-order valence-electron chi connectivity index (χ0n) is 12.7. The van der Waals surface area contributed by atoms with Crippen LogP contribution in [0.1, 0.15) is 24.8 Å². The highest BCUT2D eigenvalue weighted by Gasteiger charge is 2.12. The van der Waals surface area contributed by atoms with Crippen LogP contribution in [0.25, 0.3) is 0 Å². The fourth-order valence-corrected chi connectivity index (χ4v) is 2.47. The van der Waals surface area contributed by atoms with Crippen LogP contribution in [0, 0.1) is 5.82 Å². The Balaban J connectivity index is 0.00000132. The Kier molecular flexibility index (Phi) is 8.06. The monoisotopic (exact) mass is 358 g/mol. The van der Waals surface area contributed by atoms with E-state index in [4.69, 9.17) is 0 Å². The van der Waals surface area contributed by atoms with Crippen LogP contribution < -0.4 is 10.2 Å². The molecule has 1 fully saturated rings. The van der Waals surface area contributed by atoms with Gasteiger partial charge in [0.15, 0.2) is 0 Å². The van der Waals surface area contributed by atoms with E-state index in [2.05, 4.69) is 20.2 Å². The maximum atomic E-state index is 12.8. The van der Waals surface area contributed by atoms with Crippen LogP contribution in [0.3, 0.4) is 0 Å². The molecule has 0 bridgehead atoms. The highest BCUT2D eigenvalue weighted by Crippen LogP contribution is 2.15. The molecule has 1 N–H and O–H groups in total. The molecule has 1 aliphatic heterocycles. The van der Waals surface area contributed by atoms with Crippen molar-refractivity contribution >= 4 is 36.4 Å². The molecule has 1 aliphatic rings. The van der Waals surface area contributed by atoms with Gasteiger partial charge in [-0.1, -0.05) is 0 Å². The Labute approximate surface area is 148 Å². The van der Waals surface area contributed by atoms with Gasteiger partial charge in [0, 0.05) is 43.3 Å². The molecule has 4 nitrogen and oxygen atoms in total. The molecule has 0 unspecified atom stereocenters. The summed E-state index contributed by atoms with van der Waals surface area (Å²) in [5.41, 5.74) is 1.90. The average Bonchev–Trinajstić information content (AvgIpc) is 2.56. The van der Waals surface area contributed by atoms with Gasteiger partial charge < -0.3 is 10.2 Å². The van der Waals surface area contributed by atoms with E-state index in [1.165, 1.54) is 31.4 Å². The van der Waals surface area contributed by atoms with E-state index in [1.807, 2.05) is 12.4 Å². The Morgan fingerprint density at radius 1 is 0.957 bits per heavy atom. The first kappa shape index (κ1) is 19.5. The van der Waals surface area contributed by atoms with Crippen molar-refractivity contribution in [2.75, 3.05) is 23.3 Å². The third-order valence-electron chi connectivity index (χ3n) is 3.67. The second kappa shape index (κ2) is 9.53. The van der Waals surface area contributed by atoms with Crippen molar-refractivity contribution in [2.24, 2.45) is 0 Å². The van der Waals surface area contributed by atoms with Gasteiger partial charge in [0.25, 0.3) is 0 Å². The van der Waals surface area contributed by atoms with Crippen molar-refractivity contribution in [2.45, 2.75) is 25.8 Å². The number of nitrogens with zero attached hydrogens (tertiary/aromatic N) is 3. The van der Waals surface area contributed by atoms with E-state index < -0.39 is 0 Å². The molecule has 0 atom stereocenters. The Morgan fingerprint density at radius 3 is 2.17 bits per heavy atom. The van der Waals surface area contributed by atoms with E-state index >= 15 is 0 Å². The molecule has 0 amide bonds. The van der Waals surface area contributed by atoms with Gasteiger partial charge in [-0.25, -0.2) is 14.4 Å². The number of hydrogen-bond donors (Lipinski definition) is 1. The minimum absolute atomic E-state index is 0. The summed E-state index contributed by atoms with van der Waals surface area (Å²) >= 11 is 0. The second-order valence-electron chi connectivity index (χ2n) is 5.30. The topological polar surface area (TPSA) is 41.1 Å². The first-order valence-corrected chi connectivity index (χ1v) is 7.36. The minimum Gasteiger partial charge on any atom is -0.381 e. The molecule has 0 saturated carbocycles. The largest absolute Gasteiger partial charge is 0.381 e. The van der Waals surface area contributed by atoms with Gasteiger partial charge in [-0.3, -0.25) is 0 Å². The fourth-order valence-electron chi connectivity index (χ4n) is 2.47. The van der Waals surface area contributed by atoms with Gasteiger partial charge in [0.2, 0.25) is 5.95 Å². The molecule has 7 heteroatoms. The number of hydrogen-bond acceptors (Lipinski definition) is 4. The SMILES string of the molecule is Cl.Cl.Fc1ccc(NCc2cnc(N3CCCCC3)nc2)cc1. The summed E-state index contributed by atoms with van der Waals surface area (Å²) in [6.45, 7) is 2.73. The molecule has 0 aliphatic carbocycles. The summed E-state index contributed by atoms with van der Waals surface area (Å²) in [5, 5.41) is 3.23. The van der Waals surface area contributed by atoms with Crippen LogP contribution >= 0.6 is 24.8 Å². The number of aromatic nitrogens is 2. The number of piperidine rings is 1. The van der Waals surface area contributed by atoms with Crippen molar-refractivity contribution < 1.29 is 4.39 Å². The molecule has 0 spiro atoms. The molecule has 0 radical (unpaired) electrons. The summed E-state index contributed by atoms with van der Waals surface area (Å²) in [5.74, 6) is 0.593. The van der Waals surface area contributed by atoms with Crippen LogP contribution in [0.4, 0.5) is 16.0 Å². The maximum absolute atomic E-state index is 12.8. The lowest BCUT2D eigenvalue weighted by molar-refractivity contribution is 0.568. The van der Waals surface area contributed by atoms with E-state index in [1.54, 1.807) is 12.1 Å². The van der Waals surface area contributed by atoms with Gasteiger partial charge in [-0.2, -0.15) is 0 Å². The maximum Gasteiger partial charge on any atom is 0.225 e. The van der Waals surface area contributed by atoms with Gasteiger partial charge in [0.05, 0.1) is 0 Å². The summed E-state index contributed by atoms with van der Waals surface area (Å²) in [7, 11) is 0. The highest BCUT2D eigenvalue weighted by atomic mass is 35.5. The molecule has 3 rings (SSSR count). The number of nitrogens with one attached hydrogen (secondary N) is 1.